The fourth-order valence-electron chi connectivity index (χ4n) is 4.28. The molecule has 0 aromatic heterocycles. The molecule has 0 radical (unpaired) electrons. The van der Waals surface area contributed by atoms with Gasteiger partial charge in [-0.15, -0.1) is 0 Å². The Labute approximate surface area is 156 Å². The number of fused-ring (bicyclic) bond motifs is 1. The fourth-order valence-corrected chi connectivity index (χ4v) is 4.28. The molecule has 1 saturated heterocycles. The van der Waals surface area contributed by atoms with E-state index >= 15 is 0 Å². The van der Waals surface area contributed by atoms with Gasteiger partial charge in [-0.05, 0) is 63.4 Å². The van der Waals surface area contributed by atoms with E-state index in [1.165, 1.54) is 5.39 Å². The van der Waals surface area contributed by atoms with Gasteiger partial charge in [0.05, 0.1) is 0 Å². The lowest BCUT2D eigenvalue weighted by Gasteiger charge is -2.47. The summed E-state index contributed by atoms with van der Waals surface area (Å²) in [6.07, 6.45) is 1.58. The van der Waals surface area contributed by atoms with E-state index in [9.17, 15) is 5.11 Å². The molecular weight excluding hydrogens is 324 g/mol. The van der Waals surface area contributed by atoms with E-state index in [-0.39, 0.29) is 11.1 Å². The third-order valence-electron chi connectivity index (χ3n) is 5.00. The highest BCUT2D eigenvalue weighted by molar-refractivity contribution is 5.83. The second-order valence-electron chi connectivity index (χ2n) is 8.88. The summed E-state index contributed by atoms with van der Waals surface area (Å²) in [5.41, 5.74) is 0.206. The fraction of sp³-hybridized carbons (Fsp3) is 0.545. The third-order valence-corrected chi connectivity index (χ3v) is 5.00. The molecule has 2 aromatic rings. The van der Waals surface area contributed by atoms with Gasteiger partial charge in [0.15, 0.2) is 0 Å². The number of rotatable bonds is 6. The lowest BCUT2D eigenvalue weighted by molar-refractivity contribution is 0.0902. The number of benzene rings is 2. The number of aliphatic hydroxyl groups excluding tert-OH is 1. The minimum Gasteiger partial charge on any atom is -0.491 e. The maximum absolute atomic E-state index is 10.3. The quantitative estimate of drug-likeness (QED) is 0.742. The van der Waals surface area contributed by atoms with Gasteiger partial charge in [-0.1, -0.05) is 30.3 Å². The molecule has 1 aliphatic heterocycles. The van der Waals surface area contributed by atoms with Crippen LogP contribution in [-0.4, -0.2) is 41.5 Å². The van der Waals surface area contributed by atoms with Crippen LogP contribution in [-0.2, 0) is 0 Å². The Balaban J connectivity index is 1.48. The van der Waals surface area contributed by atoms with Crippen molar-refractivity contribution >= 4 is 10.8 Å². The molecule has 3 rings (SSSR count). The molecule has 0 bridgehead atoms. The van der Waals surface area contributed by atoms with Gasteiger partial charge >= 0.3 is 0 Å². The molecule has 2 aromatic carbocycles. The maximum Gasteiger partial charge on any atom is 0.120 e. The highest BCUT2D eigenvalue weighted by atomic mass is 16.5. The van der Waals surface area contributed by atoms with Crippen molar-refractivity contribution in [2.45, 2.75) is 63.8 Å². The smallest absolute Gasteiger partial charge is 0.120 e. The number of hydrogen-bond acceptors (Lipinski definition) is 4. The number of piperidine rings is 1. The Morgan fingerprint density at radius 1 is 1.08 bits per heavy atom. The molecule has 4 nitrogen and oxygen atoms in total. The Bertz CT molecular complexity index is 726. The summed E-state index contributed by atoms with van der Waals surface area (Å²) in [6, 6.07) is 14.6. The summed E-state index contributed by atoms with van der Waals surface area (Å²) in [5.74, 6) is 0.798. The second kappa shape index (κ2) is 7.55. The Morgan fingerprint density at radius 3 is 2.42 bits per heavy atom. The predicted octanol–water partition coefficient (Wildman–Crippen LogP) is 3.48. The number of nitrogens with one attached hydrogen (secondary N) is 2. The highest BCUT2D eigenvalue weighted by Crippen LogP contribution is 2.28. The van der Waals surface area contributed by atoms with Crippen LogP contribution in [0.15, 0.2) is 42.5 Å². The molecule has 0 aliphatic carbocycles. The van der Waals surface area contributed by atoms with Gasteiger partial charge in [0.2, 0.25) is 0 Å². The molecule has 1 aliphatic rings. The summed E-state index contributed by atoms with van der Waals surface area (Å²) in [6.45, 7) is 9.79. The van der Waals surface area contributed by atoms with E-state index in [1.54, 1.807) is 0 Å². The van der Waals surface area contributed by atoms with Crippen molar-refractivity contribution in [3.63, 3.8) is 0 Å². The molecule has 0 unspecified atom stereocenters. The average molecular weight is 357 g/mol. The molecule has 0 saturated carbocycles. The van der Waals surface area contributed by atoms with Crippen molar-refractivity contribution < 1.29 is 9.84 Å². The largest absolute Gasteiger partial charge is 0.491 e. The van der Waals surface area contributed by atoms with Crippen molar-refractivity contribution in [3.05, 3.63) is 42.5 Å². The summed E-state index contributed by atoms with van der Waals surface area (Å²) >= 11 is 0. The van der Waals surface area contributed by atoms with E-state index in [1.807, 2.05) is 24.3 Å². The van der Waals surface area contributed by atoms with E-state index in [0.29, 0.717) is 19.2 Å². The van der Waals surface area contributed by atoms with Crippen molar-refractivity contribution in [2.75, 3.05) is 13.2 Å². The van der Waals surface area contributed by atoms with Crippen LogP contribution in [0.5, 0.6) is 5.75 Å². The zero-order valence-electron chi connectivity index (χ0n) is 16.4. The first kappa shape index (κ1) is 19.2. The summed E-state index contributed by atoms with van der Waals surface area (Å²) in [4.78, 5) is 0. The summed E-state index contributed by atoms with van der Waals surface area (Å²) in [7, 11) is 0. The third kappa shape index (κ3) is 5.19. The van der Waals surface area contributed by atoms with Crippen molar-refractivity contribution in [1.82, 2.24) is 10.6 Å². The van der Waals surface area contributed by atoms with Crippen molar-refractivity contribution in [2.24, 2.45) is 0 Å². The van der Waals surface area contributed by atoms with Gasteiger partial charge in [-0.3, -0.25) is 0 Å². The van der Waals surface area contributed by atoms with E-state index in [0.717, 1.165) is 24.0 Å². The Kier molecular flexibility index (Phi) is 5.56. The first-order chi connectivity index (χ1) is 12.2. The number of hydrogen-bond donors (Lipinski definition) is 3. The monoisotopic (exact) mass is 356 g/mol. The average Bonchev–Trinajstić information content (AvgIpc) is 2.55. The lowest BCUT2D eigenvalue weighted by atomic mass is 9.79. The molecule has 1 atom stereocenters. The van der Waals surface area contributed by atoms with Crippen LogP contribution in [0.4, 0.5) is 0 Å². The van der Waals surface area contributed by atoms with Crippen LogP contribution >= 0.6 is 0 Å². The van der Waals surface area contributed by atoms with Crippen LogP contribution in [0.2, 0.25) is 0 Å². The zero-order chi connectivity index (χ0) is 18.8. The molecule has 26 heavy (non-hydrogen) atoms. The molecule has 0 spiro atoms. The van der Waals surface area contributed by atoms with Crippen LogP contribution in [0.3, 0.4) is 0 Å². The van der Waals surface area contributed by atoms with Gasteiger partial charge in [0, 0.05) is 23.7 Å². The molecule has 142 valence electrons. The van der Waals surface area contributed by atoms with E-state index in [4.69, 9.17) is 4.74 Å². The zero-order valence-corrected chi connectivity index (χ0v) is 16.4. The van der Waals surface area contributed by atoms with Gasteiger partial charge in [0.1, 0.15) is 18.5 Å². The molecule has 3 N–H and O–H groups in total. The SMILES string of the molecule is CC1(C)CC(NC[C@@H](O)COc2ccc3ccccc3c2)CC(C)(C)N1. The van der Waals surface area contributed by atoms with Gasteiger partial charge < -0.3 is 20.5 Å². The summed E-state index contributed by atoms with van der Waals surface area (Å²) < 4.78 is 5.80. The van der Waals surface area contributed by atoms with Gasteiger partial charge in [-0.25, -0.2) is 0 Å². The highest BCUT2D eigenvalue weighted by Gasteiger charge is 2.37. The molecule has 1 heterocycles. The molecule has 0 amide bonds. The molecule has 4 heteroatoms. The number of ether oxygens (including phenoxy) is 1. The first-order valence-electron chi connectivity index (χ1n) is 9.55. The number of aliphatic hydroxyl groups is 1. The first-order valence-corrected chi connectivity index (χ1v) is 9.55. The topological polar surface area (TPSA) is 53.5 Å². The second-order valence-corrected chi connectivity index (χ2v) is 8.88. The van der Waals surface area contributed by atoms with Crippen LogP contribution in [0.1, 0.15) is 40.5 Å². The van der Waals surface area contributed by atoms with E-state index in [2.05, 4.69) is 56.5 Å². The molecule has 1 fully saturated rings. The minimum atomic E-state index is -0.525. The van der Waals surface area contributed by atoms with Crippen LogP contribution in [0.25, 0.3) is 10.8 Å². The summed E-state index contributed by atoms with van der Waals surface area (Å²) in [5, 5.41) is 19.9. The molecular formula is C22H32N2O2. The Morgan fingerprint density at radius 2 is 1.73 bits per heavy atom. The lowest BCUT2D eigenvalue weighted by Crippen LogP contribution is -2.62. The Hall–Kier alpha value is -1.62. The van der Waals surface area contributed by atoms with Crippen molar-refractivity contribution in [3.8, 4) is 5.75 Å². The predicted molar refractivity (Wildman–Crippen MR) is 108 cm³/mol. The van der Waals surface area contributed by atoms with Gasteiger partial charge in [0.25, 0.3) is 0 Å². The van der Waals surface area contributed by atoms with E-state index < -0.39 is 6.10 Å². The maximum atomic E-state index is 10.3. The standard InChI is InChI=1S/C22H32N2O2/c1-21(2)12-18(13-22(3,4)24-21)23-14-19(25)15-26-20-10-9-16-7-5-6-8-17(16)11-20/h5-11,18-19,23-25H,12-15H2,1-4H3/t19-/m1/s1. The normalized spacial score (nSPS) is 20.8. The van der Waals surface area contributed by atoms with Crippen LogP contribution in [0, 0.1) is 0 Å². The van der Waals surface area contributed by atoms with Gasteiger partial charge in [-0.2, -0.15) is 0 Å². The van der Waals surface area contributed by atoms with Crippen LogP contribution < -0.4 is 15.4 Å². The van der Waals surface area contributed by atoms with Crippen molar-refractivity contribution in [1.29, 1.82) is 0 Å². The minimum absolute atomic E-state index is 0.103.